The molecule has 2 nitrogen and oxygen atoms in total. The predicted octanol–water partition coefficient (Wildman–Crippen LogP) is 1.83. The molecule has 0 aromatic carbocycles. The Kier molecular flexibility index (Phi) is 1.94. The zero-order valence-electron chi connectivity index (χ0n) is 8.08. The van der Waals surface area contributed by atoms with Crippen LogP contribution >= 0.6 is 11.8 Å². The molecule has 0 spiro atoms. The molecule has 1 aromatic heterocycles. The summed E-state index contributed by atoms with van der Waals surface area (Å²) in [5.41, 5.74) is 2.71. The zero-order valence-corrected chi connectivity index (χ0v) is 8.90. The van der Waals surface area contributed by atoms with Crippen LogP contribution < -0.4 is 5.56 Å². The van der Waals surface area contributed by atoms with E-state index >= 15 is 0 Å². The fourth-order valence-electron chi connectivity index (χ4n) is 2.40. The Balaban J connectivity index is 2.25. The minimum atomic E-state index is 0.294. The van der Waals surface area contributed by atoms with Crippen molar-refractivity contribution in [1.82, 2.24) is 4.57 Å². The first-order chi connectivity index (χ1) is 6.86. The van der Waals surface area contributed by atoms with E-state index in [9.17, 15) is 4.79 Å². The quantitative estimate of drug-likeness (QED) is 0.647. The lowest BCUT2D eigenvalue weighted by Crippen LogP contribution is -2.26. The molecule has 1 aliphatic carbocycles. The van der Waals surface area contributed by atoms with Gasteiger partial charge in [-0.3, -0.25) is 4.79 Å². The standard InChI is InChI=1S/C11H13NOS/c13-11-9-4-2-1-3-8(9)7-10-12(11)5-6-14-10/h7H,1-6H2. The van der Waals surface area contributed by atoms with Crippen molar-refractivity contribution in [1.29, 1.82) is 0 Å². The fourth-order valence-corrected chi connectivity index (χ4v) is 3.43. The summed E-state index contributed by atoms with van der Waals surface area (Å²) >= 11 is 1.82. The lowest BCUT2D eigenvalue weighted by atomic mass is 9.93. The van der Waals surface area contributed by atoms with Crippen LogP contribution in [0.2, 0.25) is 0 Å². The molecule has 0 N–H and O–H groups in total. The van der Waals surface area contributed by atoms with Gasteiger partial charge >= 0.3 is 0 Å². The number of rotatable bonds is 0. The van der Waals surface area contributed by atoms with Crippen LogP contribution in [0.5, 0.6) is 0 Å². The van der Waals surface area contributed by atoms with Crippen LogP contribution in [0.15, 0.2) is 15.9 Å². The highest BCUT2D eigenvalue weighted by Crippen LogP contribution is 2.28. The van der Waals surface area contributed by atoms with E-state index in [0.29, 0.717) is 5.56 Å². The molecule has 2 aliphatic rings. The van der Waals surface area contributed by atoms with Crippen molar-refractivity contribution in [3.8, 4) is 0 Å². The minimum Gasteiger partial charge on any atom is -0.302 e. The number of thioether (sulfide) groups is 1. The van der Waals surface area contributed by atoms with Crippen molar-refractivity contribution < 1.29 is 0 Å². The van der Waals surface area contributed by atoms with Gasteiger partial charge in [-0.15, -0.1) is 11.8 Å². The number of fused-ring (bicyclic) bond motifs is 2. The van der Waals surface area contributed by atoms with Crippen molar-refractivity contribution in [2.24, 2.45) is 0 Å². The Morgan fingerprint density at radius 1 is 1.29 bits per heavy atom. The van der Waals surface area contributed by atoms with Crippen LogP contribution in [0.25, 0.3) is 0 Å². The summed E-state index contributed by atoms with van der Waals surface area (Å²) in [6.07, 6.45) is 4.55. The van der Waals surface area contributed by atoms with Crippen molar-refractivity contribution in [2.45, 2.75) is 37.3 Å². The molecule has 1 aliphatic heterocycles. The molecule has 3 rings (SSSR count). The normalized spacial score (nSPS) is 19.1. The molecule has 0 saturated heterocycles. The fraction of sp³-hybridized carbons (Fsp3) is 0.545. The molecule has 2 heterocycles. The molecule has 0 bridgehead atoms. The average molecular weight is 207 g/mol. The molecule has 74 valence electrons. The molecule has 0 amide bonds. The molecular formula is C11H13NOS. The van der Waals surface area contributed by atoms with Crippen LogP contribution in [0.4, 0.5) is 0 Å². The van der Waals surface area contributed by atoms with Crippen LogP contribution in [0.3, 0.4) is 0 Å². The highest BCUT2D eigenvalue weighted by atomic mass is 32.2. The Hall–Kier alpha value is -0.700. The van der Waals surface area contributed by atoms with Gasteiger partial charge in [-0.25, -0.2) is 0 Å². The van der Waals surface area contributed by atoms with E-state index in [1.807, 2.05) is 16.3 Å². The second kappa shape index (κ2) is 3.16. The van der Waals surface area contributed by atoms with Gasteiger partial charge < -0.3 is 4.57 Å². The van der Waals surface area contributed by atoms with E-state index in [2.05, 4.69) is 6.07 Å². The smallest absolute Gasteiger partial charge is 0.254 e. The van der Waals surface area contributed by atoms with Gasteiger partial charge in [0.2, 0.25) is 0 Å². The highest BCUT2D eigenvalue weighted by Gasteiger charge is 2.20. The van der Waals surface area contributed by atoms with E-state index in [-0.39, 0.29) is 0 Å². The van der Waals surface area contributed by atoms with Gasteiger partial charge in [-0.05, 0) is 37.3 Å². The van der Waals surface area contributed by atoms with Crippen molar-refractivity contribution in [3.63, 3.8) is 0 Å². The maximum absolute atomic E-state index is 12.1. The largest absolute Gasteiger partial charge is 0.302 e. The summed E-state index contributed by atoms with van der Waals surface area (Å²) in [5.74, 6) is 1.07. The number of aryl methyl sites for hydroxylation is 1. The topological polar surface area (TPSA) is 22.0 Å². The van der Waals surface area contributed by atoms with Crippen molar-refractivity contribution in [2.75, 3.05) is 5.75 Å². The molecule has 3 heteroatoms. The summed E-state index contributed by atoms with van der Waals surface area (Å²) in [7, 11) is 0. The van der Waals surface area contributed by atoms with Gasteiger partial charge in [-0.1, -0.05) is 0 Å². The number of aromatic nitrogens is 1. The highest BCUT2D eigenvalue weighted by molar-refractivity contribution is 7.99. The first-order valence-corrected chi connectivity index (χ1v) is 6.23. The lowest BCUT2D eigenvalue weighted by molar-refractivity contribution is 0.624. The molecule has 0 saturated carbocycles. The molecule has 14 heavy (non-hydrogen) atoms. The summed E-state index contributed by atoms with van der Waals surface area (Å²) in [6, 6.07) is 2.24. The SMILES string of the molecule is O=c1c2c(cc3n1CCS3)CCCC2. The molecule has 1 aromatic rings. The van der Waals surface area contributed by atoms with Crippen LogP contribution in [-0.2, 0) is 19.4 Å². The second-order valence-corrected chi connectivity index (χ2v) is 5.11. The predicted molar refractivity (Wildman–Crippen MR) is 58.1 cm³/mol. The maximum Gasteiger partial charge on any atom is 0.254 e. The van der Waals surface area contributed by atoms with Crippen molar-refractivity contribution >= 4 is 11.8 Å². The third-order valence-electron chi connectivity index (χ3n) is 3.14. The third-order valence-corrected chi connectivity index (χ3v) is 4.16. The van der Waals surface area contributed by atoms with Gasteiger partial charge in [0.15, 0.2) is 0 Å². The number of hydrogen-bond acceptors (Lipinski definition) is 2. The average Bonchev–Trinajstić information content (AvgIpc) is 2.66. The molecular weight excluding hydrogens is 194 g/mol. The van der Waals surface area contributed by atoms with Crippen LogP contribution in [0.1, 0.15) is 24.0 Å². The van der Waals surface area contributed by atoms with Crippen molar-refractivity contribution in [3.05, 3.63) is 27.5 Å². The summed E-state index contributed by atoms with van der Waals surface area (Å²) in [4.78, 5) is 12.1. The van der Waals surface area contributed by atoms with E-state index in [1.165, 1.54) is 23.4 Å². The monoisotopic (exact) mass is 207 g/mol. The van der Waals surface area contributed by atoms with Gasteiger partial charge in [0, 0.05) is 17.9 Å². The van der Waals surface area contributed by atoms with E-state index in [4.69, 9.17) is 0 Å². The minimum absolute atomic E-state index is 0.294. The van der Waals surface area contributed by atoms with E-state index < -0.39 is 0 Å². The van der Waals surface area contributed by atoms with Crippen LogP contribution in [-0.4, -0.2) is 10.3 Å². The second-order valence-electron chi connectivity index (χ2n) is 4.00. The summed E-state index contributed by atoms with van der Waals surface area (Å²) < 4.78 is 1.95. The molecule has 0 radical (unpaired) electrons. The third kappa shape index (κ3) is 1.15. The molecule has 0 unspecified atom stereocenters. The first-order valence-electron chi connectivity index (χ1n) is 5.24. The van der Waals surface area contributed by atoms with Crippen LogP contribution in [0, 0.1) is 0 Å². The summed E-state index contributed by atoms with van der Waals surface area (Å²) in [5, 5.41) is 1.19. The molecule has 0 atom stereocenters. The first kappa shape index (κ1) is 8.60. The Labute approximate surface area is 87.3 Å². The Bertz CT molecular complexity index is 436. The van der Waals surface area contributed by atoms with Gasteiger partial charge in [0.1, 0.15) is 0 Å². The lowest BCUT2D eigenvalue weighted by Gasteiger charge is -2.16. The maximum atomic E-state index is 12.1. The Morgan fingerprint density at radius 3 is 3.07 bits per heavy atom. The summed E-state index contributed by atoms with van der Waals surface area (Å²) in [6.45, 7) is 0.909. The number of hydrogen-bond donors (Lipinski definition) is 0. The van der Waals surface area contributed by atoms with E-state index in [0.717, 1.165) is 30.7 Å². The van der Waals surface area contributed by atoms with Gasteiger partial charge in [-0.2, -0.15) is 0 Å². The van der Waals surface area contributed by atoms with Gasteiger partial charge in [0.05, 0.1) is 5.03 Å². The Morgan fingerprint density at radius 2 is 2.14 bits per heavy atom. The number of nitrogens with zero attached hydrogens (tertiary/aromatic N) is 1. The number of pyridine rings is 1. The van der Waals surface area contributed by atoms with E-state index in [1.54, 1.807) is 0 Å². The molecule has 0 fully saturated rings. The zero-order chi connectivity index (χ0) is 9.54. The van der Waals surface area contributed by atoms with Gasteiger partial charge in [0.25, 0.3) is 5.56 Å².